The van der Waals surface area contributed by atoms with Crippen molar-refractivity contribution in [2.45, 2.75) is 39.7 Å². The predicted octanol–water partition coefficient (Wildman–Crippen LogP) is 4.79. The molecule has 0 spiro atoms. The van der Waals surface area contributed by atoms with Crippen molar-refractivity contribution in [1.29, 1.82) is 0 Å². The lowest BCUT2D eigenvalue weighted by Gasteiger charge is -2.12. The molecule has 16 heavy (non-hydrogen) atoms. The van der Waals surface area contributed by atoms with Crippen molar-refractivity contribution in [3.63, 3.8) is 0 Å². The summed E-state index contributed by atoms with van der Waals surface area (Å²) >= 11 is 3.52. The summed E-state index contributed by atoms with van der Waals surface area (Å²) in [4.78, 5) is 0. The zero-order chi connectivity index (χ0) is 11.8. The van der Waals surface area contributed by atoms with Gasteiger partial charge in [-0.15, -0.1) is 0 Å². The van der Waals surface area contributed by atoms with Gasteiger partial charge in [-0.2, -0.15) is 0 Å². The van der Waals surface area contributed by atoms with Crippen LogP contribution in [0.25, 0.3) is 0 Å². The topological polar surface area (TPSA) is 9.23 Å². The van der Waals surface area contributed by atoms with Gasteiger partial charge in [0.1, 0.15) is 0 Å². The maximum absolute atomic E-state index is 5.70. The first-order valence-corrected chi connectivity index (χ1v) is 6.88. The van der Waals surface area contributed by atoms with Crippen molar-refractivity contribution >= 4 is 15.9 Å². The molecule has 0 bridgehead atoms. The fraction of sp³-hybridized carbons (Fsp3) is 0.571. The number of halogens is 1. The lowest BCUT2D eigenvalue weighted by Crippen LogP contribution is -2.03. The van der Waals surface area contributed by atoms with Crippen molar-refractivity contribution in [2.75, 3.05) is 6.61 Å². The summed E-state index contributed by atoms with van der Waals surface area (Å²) in [5.74, 6) is 0.819. The lowest BCUT2D eigenvalue weighted by atomic mass is 10.0. The Balaban J connectivity index is 2.23. The van der Waals surface area contributed by atoms with Crippen LogP contribution in [-0.4, -0.2) is 6.61 Å². The molecule has 0 aliphatic rings. The maximum atomic E-state index is 5.70. The molecule has 0 N–H and O–H groups in total. The van der Waals surface area contributed by atoms with E-state index >= 15 is 0 Å². The minimum atomic E-state index is 0.710. The van der Waals surface area contributed by atoms with Crippen LogP contribution in [0.1, 0.15) is 38.7 Å². The van der Waals surface area contributed by atoms with Crippen LogP contribution in [0.4, 0.5) is 0 Å². The highest BCUT2D eigenvalue weighted by molar-refractivity contribution is 9.10. The quantitative estimate of drug-likeness (QED) is 0.654. The van der Waals surface area contributed by atoms with Gasteiger partial charge in [0, 0.05) is 11.1 Å². The normalized spacial score (nSPS) is 11.0. The van der Waals surface area contributed by atoms with E-state index in [0.717, 1.165) is 17.0 Å². The van der Waals surface area contributed by atoms with E-state index in [9.17, 15) is 0 Å². The van der Waals surface area contributed by atoms with Gasteiger partial charge in [0.15, 0.2) is 0 Å². The third-order valence-corrected chi connectivity index (χ3v) is 3.81. The zero-order valence-corrected chi connectivity index (χ0v) is 11.8. The number of rotatable bonds is 7. The van der Waals surface area contributed by atoms with Gasteiger partial charge in [0.05, 0.1) is 6.61 Å². The van der Waals surface area contributed by atoms with Crippen molar-refractivity contribution in [3.8, 4) is 0 Å². The van der Waals surface area contributed by atoms with Crippen molar-refractivity contribution < 1.29 is 4.74 Å². The van der Waals surface area contributed by atoms with Gasteiger partial charge in [-0.1, -0.05) is 60.8 Å². The van der Waals surface area contributed by atoms with Gasteiger partial charge in [-0.3, -0.25) is 0 Å². The first-order chi connectivity index (χ1) is 7.77. The zero-order valence-electron chi connectivity index (χ0n) is 10.2. The van der Waals surface area contributed by atoms with E-state index in [-0.39, 0.29) is 0 Å². The Morgan fingerprint density at radius 2 is 1.88 bits per heavy atom. The van der Waals surface area contributed by atoms with E-state index < -0.39 is 0 Å². The number of benzene rings is 1. The van der Waals surface area contributed by atoms with Crippen LogP contribution < -0.4 is 0 Å². The molecule has 0 amide bonds. The highest BCUT2D eigenvalue weighted by Gasteiger charge is 2.03. The molecule has 0 heterocycles. The van der Waals surface area contributed by atoms with Crippen LogP contribution in [0.3, 0.4) is 0 Å². The van der Waals surface area contributed by atoms with Crippen molar-refractivity contribution in [3.05, 3.63) is 34.3 Å². The Morgan fingerprint density at radius 3 is 2.50 bits per heavy atom. The second-order valence-corrected chi connectivity index (χ2v) is 4.97. The molecule has 0 fully saturated rings. The molecule has 0 aromatic heterocycles. The van der Waals surface area contributed by atoms with Crippen LogP contribution in [0.15, 0.2) is 28.7 Å². The fourth-order valence-electron chi connectivity index (χ4n) is 1.74. The van der Waals surface area contributed by atoms with E-state index in [0.29, 0.717) is 6.61 Å². The van der Waals surface area contributed by atoms with Gasteiger partial charge >= 0.3 is 0 Å². The maximum Gasteiger partial charge on any atom is 0.0727 e. The summed E-state index contributed by atoms with van der Waals surface area (Å²) in [6, 6.07) is 8.23. The first kappa shape index (κ1) is 13.7. The molecular formula is C14H21BrO. The molecule has 1 rings (SSSR count). The Morgan fingerprint density at radius 1 is 1.19 bits per heavy atom. The molecule has 0 saturated heterocycles. The molecule has 0 radical (unpaired) electrons. The van der Waals surface area contributed by atoms with Gasteiger partial charge in [-0.25, -0.2) is 0 Å². The van der Waals surface area contributed by atoms with Crippen molar-refractivity contribution in [2.24, 2.45) is 5.92 Å². The molecule has 90 valence electrons. The van der Waals surface area contributed by atoms with Crippen LogP contribution in [0.5, 0.6) is 0 Å². The average molecular weight is 285 g/mol. The molecule has 0 atom stereocenters. The van der Waals surface area contributed by atoms with E-state index in [2.05, 4.69) is 41.9 Å². The second-order valence-electron chi connectivity index (χ2n) is 4.12. The van der Waals surface area contributed by atoms with Crippen LogP contribution in [-0.2, 0) is 11.3 Å². The third kappa shape index (κ3) is 4.67. The summed E-state index contributed by atoms with van der Waals surface area (Å²) in [6.07, 6.45) is 3.70. The minimum absolute atomic E-state index is 0.710. The molecule has 0 aliphatic heterocycles. The van der Waals surface area contributed by atoms with Gasteiger partial charge in [0.25, 0.3) is 0 Å². The molecule has 1 nitrogen and oxygen atoms in total. The van der Waals surface area contributed by atoms with E-state index in [1.165, 1.54) is 24.8 Å². The lowest BCUT2D eigenvalue weighted by molar-refractivity contribution is 0.106. The average Bonchev–Trinajstić information content (AvgIpc) is 2.31. The molecular weight excluding hydrogens is 264 g/mol. The fourth-order valence-corrected chi connectivity index (χ4v) is 2.14. The van der Waals surface area contributed by atoms with Gasteiger partial charge in [-0.05, 0) is 24.0 Å². The Kier molecular flexibility index (Phi) is 6.74. The monoisotopic (exact) mass is 284 g/mol. The highest BCUT2D eigenvalue weighted by atomic mass is 79.9. The Hall–Kier alpha value is -0.340. The van der Waals surface area contributed by atoms with Crippen LogP contribution in [0.2, 0.25) is 0 Å². The number of hydrogen-bond acceptors (Lipinski definition) is 1. The largest absolute Gasteiger partial charge is 0.377 e. The van der Waals surface area contributed by atoms with Crippen LogP contribution in [0, 0.1) is 5.92 Å². The Labute approximate surface area is 107 Å². The molecule has 0 unspecified atom stereocenters. The number of ether oxygens (including phenoxy) is 1. The smallest absolute Gasteiger partial charge is 0.0727 e. The summed E-state index contributed by atoms with van der Waals surface area (Å²) < 4.78 is 6.84. The summed E-state index contributed by atoms with van der Waals surface area (Å²) in [5, 5.41) is 0. The second kappa shape index (κ2) is 7.86. The van der Waals surface area contributed by atoms with E-state index in [4.69, 9.17) is 4.74 Å². The SMILES string of the molecule is CCC(CC)CCOCc1ccccc1Br. The van der Waals surface area contributed by atoms with Gasteiger partial charge in [0.2, 0.25) is 0 Å². The van der Waals surface area contributed by atoms with E-state index in [1.807, 2.05) is 12.1 Å². The highest BCUT2D eigenvalue weighted by Crippen LogP contribution is 2.17. The summed E-state index contributed by atoms with van der Waals surface area (Å²) in [6.45, 7) is 6.08. The standard InChI is InChI=1S/C14H21BrO/c1-3-12(4-2)9-10-16-11-13-7-5-6-8-14(13)15/h5-8,12H,3-4,9-11H2,1-2H3. The first-order valence-electron chi connectivity index (χ1n) is 6.09. The van der Waals surface area contributed by atoms with E-state index in [1.54, 1.807) is 0 Å². The summed E-state index contributed by atoms with van der Waals surface area (Å²) in [5.41, 5.74) is 1.23. The minimum Gasteiger partial charge on any atom is -0.377 e. The molecule has 1 aromatic rings. The third-order valence-electron chi connectivity index (χ3n) is 3.04. The Bertz CT molecular complexity index is 295. The molecule has 0 aliphatic carbocycles. The van der Waals surface area contributed by atoms with Crippen LogP contribution >= 0.6 is 15.9 Å². The molecule has 2 heteroatoms. The van der Waals surface area contributed by atoms with Crippen molar-refractivity contribution in [1.82, 2.24) is 0 Å². The molecule has 1 aromatic carbocycles. The predicted molar refractivity (Wildman–Crippen MR) is 72.5 cm³/mol. The molecule has 0 saturated carbocycles. The van der Waals surface area contributed by atoms with Gasteiger partial charge < -0.3 is 4.74 Å². The summed E-state index contributed by atoms with van der Waals surface area (Å²) in [7, 11) is 0. The number of hydrogen-bond donors (Lipinski definition) is 0.